The van der Waals surface area contributed by atoms with Crippen molar-refractivity contribution in [2.75, 3.05) is 19.7 Å². The lowest BCUT2D eigenvalue weighted by Crippen LogP contribution is -2.52. The van der Waals surface area contributed by atoms with E-state index >= 15 is 0 Å². The predicted molar refractivity (Wildman–Crippen MR) is 93.4 cm³/mol. The monoisotopic (exact) mass is 404 g/mol. The van der Waals surface area contributed by atoms with Crippen LogP contribution in [0, 0.1) is 5.92 Å². The molecule has 2 aliphatic heterocycles. The van der Waals surface area contributed by atoms with Crippen LogP contribution in [-0.4, -0.2) is 48.8 Å². The number of hydrogen-bond acceptors (Lipinski definition) is 3. The second kappa shape index (κ2) is 6.93. The van der Waals surface area contributed by atoms with Crippen LogP contribution >= 0.6 is 0 Å². The van der Waals surface area contributed by atoms with Gasteiger partial charge in [0, 0.05) is 19.1 Å². The molecule has 5 nitrogen and oxygen atoms in total. The van der Waals surface area contributed by atoms with Crippen molar-refractivity contribution in [2.24, 2.45) is 5.92 Å². The molecule has 4 rings (SSSR count). The number of halogens is 3. The summed E-state index contributed by atoms with van der Waals surface area (Å²) in [6.45, 7) is 1.16. The van der Waals surface area contributed by atoms with Crippen molar-refractivity contribution < 1.29 is 26.3 Å². The lowest BCUT2D eigenvalue weighted by molar-refractivity contribution is -0.137. The van der Waals surface area contributed by atoms with Crippen LogP contribution in [0.15, 0.2) is 24.3 Å². The van der Waals surface area contributed by atoms with Gasteiger partial charge in [-0.25, -0.2) is 0 Å². The third-order valence-electron chi connectivity index (χ3n) is 5.92. The van der Waals surface area contributed by atoms with Gasteiger partial charge >= 0.3 is 6.18 Å². The molecule has 1 aromatic carbocycles. The van der Waals surface area contributed by atoms with Gasteiger partial charge < -0.3 is 4.74 Å². The van der Waals surface area contributed by atoms with Crippen molar-refractivity contribution in [1.29, 1.82) is 0 Å². The average Bonchev–Trinajstić information content (AvgIpc) is 3.35. The number of piperidine rings is 1. The largest absolute Gasteiger partial charge is 0.492 e. The Kier molecular flexibility index (Phi) is 4.88. The summed E-state index contributed by atoms with van der Waals surface area (Å²) in [7, 11) is -3.55. The molecule has 1 saturated carbocycles. The molecular formula is C18H23F3N2O3S. The van der Waals surface area contributed by atoms with Crippen molar-refractivity contribution in [1.82, 2.24) is 8.61 Å². The highest BCUT2D eigenvalue weighted by molar-refractivity contribution is 7.86. The zero-order chi connectivity index (χ0) is 19.2. The zero-order valence-electron chi connectivity index (χ0n) is 14.9. The van der Waals surface area contributed by atoms with Crippen LogP contribution in [-0.2, 0) is 16.4 Å². The van der Waals surface area contributed by atoms with Gasteiger partial charge in [-0.2, -0.15) is 30.2 Å². The highest BCUT2D eigenvalue weighted by Crippen LogP contribution is 2.45. The van der Waals surface area contributed by atoms with Crippen LogP contribution < -0.4 is 4.74 Å². The van der Waals surface area contributed by atoms with Crippen molar-refractivity contribution in [3.8, 4) is 5.75 Å². The van der Waals surface area contributed by atoms with Gasteiger partial charge in [-0.3, -0.25) is 0 Å². The molecule has 3 atom stereocenters. The van der Waals surface area contributed by atoms with Crippen molar-refractivity contribution in [3.05, 3.63) is 29.8 Å². The fourth-order valence-corrected chi connectivity index (χ4v) is 6.75. The Morgan fingerprint density at radius 3 is 2.59 bits per heavy atom. The Morgan fingerprint density at radius 1 is 1.15 bits per heavy atom. The van der Waals surface area contributed by atoms with E-state index < -0.39 is 21.9 Å². The molecule has 3 aliphatic rings. The van der Waals surface area contributed by atoms with E-state index in [-0.39, 0.29) is 30.4 Å². The number of hydrogen-bond donors (Lipinski definition) is 0. The molecule has 2 heterocycles. The van der Waals surface area contributed by atoms with Gasteiger partial charge in [0.25, 0.3) is 10.2 Å². The lowest BCUT2D eigenvalue weighted by atomic mass is 10.0. The molecule has 1 aliphatic carbocycles. The number of ether oxygens (including phenoxy) is 1. The first-order valence-electron chi connectivity index (χ1n) is 9.35. The van der Waals surface area contributed by atoms with Crippen LogP contribution in [0.2, 0.25) is 0 Å². The summed E-state index contributed by atoms with van der Waals surface area (Å²) in [5, 5.41) is 0. The van der Waals surface area contributed by atoms with E-state index in [1.165, 1.54) is 16.4 Å². The molecule has 0 radical (unpaired) electrons. The minimum Gasteiger partial charge on any atom is -0.492 e. The molecule has 0 unspecified atom stereocenters. The molecule has 0 aromatic heterocycles. The van der Waals surface area contributed by atoms with E-state index in [0.717, 1.165) is 44.2 Å². The molecule has 0 spiro atoms. The predicted octanol–water partition coefficient (Wildman–Crippen LogP) is 3.28. The Bertz CT molecular complexity index is 793. The Labute approximate surface area is 157 Å². The quantitative estimate of drug-likeness (QED) is 0.757. The van der Waals surface area contributed by atoms with E-state index in [4.69, 9.17) is 4.74 Å². The number of fused-ring (bicyclic) bond motifs is 2. The maximum absolute atomic E-state index is 13.1. The number of benzene rings is 1. The van der Waals surface area contributed by atoms with Crippen LogP contribution in [0.4, 0.5) is 13.2 Å². The Hall–Kier alpha value is -1.32. The van der Waals surface area contributed by atoms with Crippen molar-refractivity contribution in [3.63, 3.8) is 0 Å². The van der Waals surface area contributed by atoms with E-state index in [1.54, 1.807) is 4.31 Å². The molecule has 150 valence electrons. The van der Waals surface area contributed by atoms with Crippen molar-refractivity contribution >= 4 is 10.2 Å². The molecule has 0 amide bonds. The van der Waals surface area contributed by atoms with Crippen molar-refractivity contribution in [2.45, 2.75) is 50.4 Å². The highest BCUT2D eigenvalue weighted by Gasteiger charge is 2.53. The fraction of sp³-hybridized carbons (Fsp3) is 0.667. The van der Waals surface area contributed by atoms with Gasteiger partial charge in [0.2, 0.25) is 0 Å². The van der Waals surface area contributed by atoms with Gasteiger partial charge in [0.15, 0.2) is 0 Å². The molecule has 9 heteroatoms. The van der Waals surface area contributed by atoms with Gasteiger partial charge in [-0.05, 0) is 56.2 Å². The van der Waals surface area contributed by atoms with E-state index in [2.05, 4.69) is 0 Å². The molecule has 27 heavy (non-hydrogen) atoms. The summed E-state index contributed by atoms with van der Waals surface area (Å²) in [5.74, 6) is 0.323. The van der Waals surface area contributed by atoms with E-state index in [9.17, 15) is 21.6 Å². The summed E-state index contributed by atoms with van der Waals surface area (Å²) in [6, 6.07) is 4.40. The Balaban J connectivity index is 1.51. The second-order valence-electron chi connectivity index (χ2n) is 7.57. The van der Waals surface area contributed by atoms with Gasteiger partial charge in [-0.15, -0.1) is 0 Å². The van der Waals surface area contributed by atoms with Crippen LogP contribution in [0.3, 0.4) is 0 Å². The normalized spacial score (nSPS) is 29.5. The standard InChI is InChI=1S/C18H23F3N2O3S/c19-18(20,21)14-4-3-5-16(11-14)26-12-17-13-6-7-15(10-13)23(17)27(24,25)22-8-1-2-9-22/h3-5,11,13,15,17H,1-2,6-10,12H2/t13-,15-,17+/m1/s1. The van der Waals surface area contributed by atoms with Gasteiger partial charge in [0.1, 0.15) is 12.4 Å². The zero-order valence-corrected chi connectivity index (χ0v) is 15.7. The number of rotatable bonds is 5. The Morgan fingerprint density at radius 2 is 1.89 bits per heavy atom. The summed E-state index contributed by atoms with van der Waals surface area (Å²) in [6.07, 6.45) is -0.106. The average molecular weight is 404 g/mol. The first-order valence-corrected chi connectivity index (χ1v) is 10.7. The minimum absolute atomic E-state index is 0.0179. The molecular weight excluding hydrogens is 381 g/mol. The van der Waals surface area contributed by atoms with E-state index in [1.807, 2.05) is 0 Å². The molecule has 2 bridgehead atoms. The summed E-state index contributed by atoms with van der Waals surface area (Å²) < 4.78 is 73.5. The molecule has 2 saturated heterocycles. The minimum atomic E-state index is -4.43. The van der Waals surface area contributed by atoms with Crippen LogP contribution in [0.25, 0.3) is 0 Å². The van der Waals surface area contributed by atoms with Gasteiger partial charge in [-0.1, -0.05) is 6.07 Å². The molecule has 1 aromatic rings. The summed E-state index contributed by atoms with van der Waals surface area (Å²) in [4.78, 5) is 0. The first kappa shape index (κ1) is 19.0. The smallest absolute Gasteiger partial charge is 0.416 e. The number of alkyl halides is 3. The van der Waals surface area contributed by atoms with Gasteiger partial charge in [0.05, 0.1) is 11.6 Å². The fourth-order valence-electron chi connectivity index (χ4n) is 4.62. The van der Waals surface area contributed by atoms with E-state index in [0.29, 0.717) is 13.1 Å². The number of nitrogens with zero attached hydrogens (tertiary/aromatic N) is 2. The topological polar surface area (TPSA) is 49.9 Å². The lowest BCUT2D eigenvalue weighted by Gasteiger charge is -2.36. The third kappa shape index (κ3) is 3.56. The maximum Gasteiger partial charge on any atom is 0.416 e. The molecule has 3 fully saturated rings. The third-order valence-corrected chi connectivity index (χ3v) is 8.04. The second-order valence-corrected chi connectivity index (χ2v) is 9.41. The highest BCUT2D eigenvalue weighted by atomic mass is 32.2. The maximum atomic E-state index is 13.1. The van der Waals surface area contributed by atoms with Crippen LogP contribution in [0.5, 0.6) is 5.75 Å². The summed E-state index contributed by atoms with van der Waals surface area (Å²) in [5.41, 5.74) is -0.769. The van der Waals surface area contributed by atoms with Crippen LogP contribution in [0.1, 0.15) is 37.7 Å². The first-order chi connectivity index (χ1) is 12.8. The SMILES string of the molecule is O=S(=O)(N1CCCC1)N1[C@@H]2CC[C@H](C2)[C@@H]1COc1cccc(C(F)(F)F)c1. The summed E-state index contributed by atoms with van der Waals surface area (Å²) >= 11 is 0. The molecule has 0 N–H and O–H groups in total.